The second-order valence-electron chi connectivity index (χ2n) is 8.48. The highest BCUT2D eigenvalue weighted by Gasteiger charge is 2.28. The molecule has 1 aliphatic rings. The minimum Gasteiger partial charge on any atom is -0.460 e. The van der Waals surface area contributed by atoms with Crippen molar-refractivity contribution >= 4 is 17.7 Å². The van der Waals surface area contributed by atoms with E-state index in [9.17, 15) is 14.0 Å². The van der Waals surface area contributed by atoms with Crippen LogP contribution in [0.2, 0.25) is 0 Å². The zero-order valence-electron chi connectivity index (χ0n) is 18.1. The Bertz CT molecular complexity index is 936. The van der Waals surface area contributed by atoms with Gasteiger partial charge in [0.05, 0.1) is 11.3 Å². The van der Waals surface area contributed by atoms with Crippen LogP contribution >= 0.6 is 0 Å². The average molecular weight is 430 g/mol. The third-order valence-corrected chi connectivity index (χ3v) is 4.63. The van der Waals surface area contributed by atoms with E-state index in [1.165, 1.54) is 24.5 Å². The molecule has 1 aromatic carbocycles. The first-order valence-corrected chi connectivity index (χ1v) is 10.1. The molecular weight excluding hydrogens is 403 g/mol. The highest BCUT2D eigenvalue weighted by atomic mass is 19.1. The Morgan fingerprint density at radius 2 is 1.81 bits per heavy atom. The van der Waals surface area contributed by atoms with Crippen LogP contribution in [0.25, 0.3) is 0 Å². The molecule has 9 heteroatoms. The molecular formula is C22H27FN4O4. The Balaban J connectivity index is 1.51. The fourth-order valence-electron chi connectivity index (χ4n) is 3.04. The minimum atomic E-state index is -0.530. The number of aryl methyl sites for hydroxylation is 1. The molecule has 1 aromatic heterocycles. The number of anilines is 1. The van der Waals surface area contributed by atoms with Crippen LogP contribution in [0.15, 0.2) is 30.6 Å². The molecule has 3 rings (SSSR count). The van der Waals surface area contributed by atoms with Gasteiger partial charge in [-0.25, -0.2) is 19.2 Å². The molecule has 8 nitrogen and oxygen atoms in total. The highest BCUT2D eigenvalue weighted by molar-refractivity contribution is 6.03. The van der Waals surface area contributed by atoms with Crippen LogP contribution in [-0.2, 0) is 4.74 Å². The Labute approximate surface area is 180 Å². The highest BCUT2D eigenvalue weighted by Crippen LogP contribution is 2.19. The van der Waals surface area contributed by atoms with Crippen LogP contribution in [0.1, 0.15) is 49.5 Å². The smallest absolute Gasteiger partial charge is 0.410 e. The summed E-state index contributed by atoms with van der Waals surface area (Å²) in [6.07, 6.45) is 3.44. The number of rotatable bonds is 4. The van der Waals surface area contributed by atoms with Crippen molar-refractivity contribution in [3.8, 4) is 6.01 Å². The summed E-state index contributed by atoms with van der Waals surface area (Å²) in [4.78, 5) is 34.2. The molecule has 0 aliphatic carbocycles. The maximum Gasteiger partial charge on any atom is 0.410 e. The number of amides is 2. The molecule has 2 aromatic rings. The quantitative estimate of drug-likeness (QED) is 0.789. The Hall–Kier alpha value is -3.23. The van der Waals surface area contributed by atoms with E-state index in [0.717, 1.165) is 5.56 Å². The lowest BCUT2D eigenvalue weighted by atomic mass is 10.1. The van der Waals surface area contributed by atoms with Crippen molar-refractivity contribution in [3.63, 3.8) is 0 Å². The summed E-state index contributed by atoms with van der Waals surface area (Å²) in [7, 11) is 0. The van der Waals surface area contributed by atoms with E-state index >= 15 is 0 Å². The summed E-state index contributed by atoms with van der Waals surface area (Å²) in [5, 5.41) is 2.50. The third kappa shape index (κ3) is 6.37. The zero-order chi connectivity index (χ0) is 22.6. The molecule has 2 heterocycles. The molecule has 0 saturated carbocycles. The van der Waals surface area contributed by atoms with Gasteiger partial charge in [0.25, 0.3) is 5.91 Å². The molecule has 0 radical (unpaired) electrons. The number of nitrogens with one attached hydrogen (secondary N) is 1. The number of hydrogen-bond acceptors (Lipinski definition) is 6. The average Bonchev–Trinajstić information content (AvgIpc) is 2.70. The van der Waals surface area contributed by atoms with Gasteiger partial charge in [0, 0.05) is 38.3 Å². The summed E-state index contributed by atoms with van der Waals surface area (Å²) in [5.74, 6) is -1.02. The van der Waals surface area contributed by atoms with Crippen molar-refractivity contribution in [2.24, 2.45) is 0 Å². The summed E-state index contributed by atoms with van der Waals surface area (Å²) >= 11 is 0. The molecule has 0 spiro atoms. The third-order valence-electron chi connectivity index (χ3n) is 4.63. The first-order valence-electron chi connectivity index (χ1n) is 10.1. The molecule has 1 fully saturated rings. The van der Waals surface area contributed by atoms with E-state index in [2.05, 4.69) is 15.3 Å². The van der Waals surface area contributed by atoms with Gasteiger partial charge in [0.15, 0.2) is 0 Å². The largest absolute Gasteiger partial charge is 0.460 e. The van der Waals surface area contributed by atoms with Crippen molar-refractivity contribution in [3.05, 3.63) is 47.5 Å². The lowest BCUT2D eigenvalue weighted by molar-refractivity contribution is 0.0119. The lowest BCUT2D eigenvalue weighted by Crippen LogP contribution is -2.44. The summed E-state index contributed by atoms with van der Waals surface area (Å²) in [6.45, 7) is 8.30. The van der Waals surface area contributed by atoms with Gasteiger partial charge >= 0.3 is 12.1 Å². The monoisotopic (exact) mass is 430 g/mol. The number of aromatic nitrogens is 2. The number of nitrogens with zero attached hydrogens (tertiary/aromatic N) is 3. The number of carbonyl (C=O) groups excluding carboxylic acids is 2. The molecule has 1 N–H and O–H groups in total. The van der Waals surface area contributed by atoms with Crippen LogP contribution in [0, 0.1) is 12.7 Å². The number of likely N-dealkylation sites (tertiary alicyclic amines) is 1. The van der Waals surface area contributed by atoms with Crippen LogP contribution in [0.3, 0.4) is 0 Å². The van der Waals surface area contributed by atoms with Gasteiger partial charge in [-0.2, -0.15) is 0 Å². The van der Waals surface area contributed by atoms with E-state index in [4.69, 9.17) is 9.47 Å². The summed E-state index contributed by atoms with van der Waals surface area (Å²) in [6, 6.07) is 4.70. The maximum absolute atomic E-state index is 13.9. The van der Waals surface area contributed by atoms with Crippen LogP contribution in [0.4, 0.5) is 14.9 Å². The number of hydrogen-bond donors (Lipinski definition) is 1. The topological polar surface area (TPSA) is 93.7 Å². The van der Waals surface area contributed by atoms with Crippen molar-refractivity contribution in [1.82, 2.24) is 14.9 Å². The summed E-state index contributed by atoms with van der Waals surface area (Å²) < 4.78 is 25.1. The first-order chi connectivity index (χ1) is 14.6. The maximum atomic E-state index is 13.9. The summed E-state index contributed by atoms with van der Waals surface area (Å²) in [5.41, 5.74) is 0.509. The Morgan fingerprint density at radius 1 is 1.16 bits per heavy atom. The number of piperidine rings is 1. The number of carbonyl (C=O) groups is 2. The first kappa shape index (κ1) is 22.5. The predicted octanol–water partition coefficient (Wildman–Crippen LogP) is 3.95. The number of halogens is 1. The molecule has 2 amide bonds. The van der Waals surface area contributed by atoms with E-state index < -0.39 is 17.3 Å². The zero-order valence-corrected chi connectivity index (χ0v) is 18.1. The van der Waals surface area contributed by atoms with E-state index in [0.29, 0.717) is 25.9 Å². The fourth-order valence-corrected chi connectivity index (χ4v) is 3.04. The molecule has 1 saturated heterocycles. The predicted molar refractivity (Wildman–Crippen MR) is 113 cm³/mol. The van der Waals surface area contributed by atoms with Crippen molar-refractivity contribution in [2.45, 2.75) is 52.2 Å². The van der Waals surface area contributed by atoms with E-state index in [1.54, 1.807) is 17.9 Å². The van der Waals surface area contributed by atoms with E-state index in [-0.39, 0.29) is 29.5 Å². The standard InChI is InChI=1S/C22H27FN4O4/c1-14-5-6-18(17(23)11-14)26-19(28)15-12-24-20(25-13-15)30-16-7-9-27(10-8-16)21(29)31-22(2,3)4/h5-6,11-13,16H,7-10H2,1-4H3,(H,26,28). The van der Waals surface area contributed by atoms with Crippen LogP contribution < -0.4 is 10.1 Å². The van der Waals surface area contributed by atoms with Gasteiger partial charge in [-0.15, -0.1) is 0 Å². The Kier molecular flexibility index (Phi) is 6.72. The Morgan fingerprint density at radius 3 is 2.39 bits per heavy atom. The molecule has 0 bridgehead atoms. The lowest BCUT2D eigenvalue weighted by Gasteiger charge is -2.33. The van der Waals surface area contributed by atoms with Gasteiger partial charge in [-0.05, 0) is 45.4 Å². The fraction of sp³-hybridized carbons (Fsp3) is 0.455. The molecule has 0 unspecified atom stereocenters. The number of benzene rings is 1. The number of ether oxygens (including phenoxy) is 2. The van der Waals surface area contributed by atoms with Crippen molar-refractivity contribution < 1.29 is 23.5 Å². The van der Waals surface area contributed by atoms with Gasteiger partial charge in [-0.1, -0.05) is 6.07 Å². The van der Waals surface area contributed by atoms with Crippen molar-refractivity contribution in [1.29, 1.82) is 0 Å². The van der Waals surface area contributed by atoms with Gasteiger partial charge in [-0.3, -0.25) is 4.79 Å². The van der Waals surface area contributed by atoms with Crippen LogP contribution in [0.5, 0.6) is 6.01 Å². The van der Waals surface area contributed by atoms with Crippen molar-refractivity contribution in [2.75, 3.05) is 18.4 Å². The molecule has 31 heavy (non-hydrogen) atoms. The van der Waals surface area contributed by atoms with Gasteiger partial charge < -0.3 is 19.7 Å². The normalized spacial score (nSPS) is 14.8. The van der Waals surface area contributed by atoms with Gasteiger partial charge in [0.2, 0.25) is 0 Å². The van der Waals surface area contributed by atoms with Crippen LogP contribution in [-0.4, -0.2) is 51.7 Å². The molecule has 0 atom stereocenters. The molecule has 166 valence electrons. The minimum absolute atomic E-state index is 0.0904. The molecule has 1 aliphatic heterocycles. The van der Waals surface area contributed by atoms with E-state index in [1.807, 2.05) is 20.8 Å². The second kappa shape index (κ2) is 9.28. The second-order valence-corrected chi connectivity index (χ2v) is 8.48. The van der Waals surface area contributed by atoms with Gasteiger partial charge in [0.1, 0.15) is 17.5 Å². The SMILES string of the molecule is Cc1ccc(NC(=O)c2cnc(OC3CCN(C(=O)OC(C)(C)C)CC3)nc2)c(F)c1.